The molecular weight excluding hydrogens is 370 g/mol. The molecule has 1 aromatic carbocycles. The number of nitrogens with one attached hydrogen (secondary N) is 2. The van der Waals surface area contributed by atoms with Crippen molar-refractivity contribution >= 4 is 33.2 Å². The van der Waals surface area contributed by atoms with E-state index >= 15 is 0 Å². The Bertz CT molecular complexity index is 1030. The fourth-order valence-corrected chi connectivity index (χ4v) is 5.16. The molecule has 4 rings (SSSR count). The molecule has 1 atom stereocenters. The molecule has 0 radical (unpaired) electrons. The highest BCUT2D eigenvalue weighted by atomic mass is 35.5. The smallest absolute Gasteiger partial charge is 0.260 e. The molecule has 2 N–H and O–H groups in total. The summed E-state index contributed by atoms with van der Waals surface area (Å²) in [6, 6.07) is 5.62. The van der Waals surface area contributed by atoms with Crippen molar-refractivity contribution < 1.29 is 9.64 Å². The molecule has 136 valence electrons. The van der Waals surface area contributed by atoms with Crippen LogP contribution in [-0.4, -0.2) is 24.1 Å². The van der Waals surface area contributed by atoms with Crippen LogP contribution in [0.15, 0.2) is 23.0 Å². The highest BCUT2D eigenvalue weighted by Gasteiger charge is 2.21. The van der Waals surface area contributed by atoms with Gasteiger partial charge in [-0.2, -0.15) is 0 Å². The Labute approximate surface area is 160 Å². The number of benzene rings is 1. The standard InChI is InChI=1S/C19H20ClN3O2S/c1-23(9-11-8-12(20)6-7-14(11)25-2)10-16-21-18(24)17-13-4-3-5-15(13)26-19(17)22-16/h6-8H,3-5,9-10H2,1-2H3,(H,21,22,24)/p+1. The van der Waals surface area contributed by atoms with Crippen LogP contribution in [0.1, 0.15) is 28.2 Å². The molecule has 0 fully saturated rings. The molecule has 0 amide bonds. The third-order valence-electron chi connectivity index (χ3n) is 4.83. The molecule has 1 aliphatic rings. The van der Waals surface area contributed by atoms with Crippen LogP contribution in [0.5, 0.6) is 5.75 Å². The number of aryl methyl sites for hydroxylation is 2. The van der Waals surface area contributed by atoms with Crippen LogP contribution >= 0.6 is 22.9 Å². The molecule has 1 unspecified atom stereocenters. The van der Waals surface area contributed by atoms with E-state index in [-0.39, 0.29) is 5.56 Å². The molecule has 0 saturated carbocycles. The van der Waals surface area contributed by atoms with Gasteiger partial charge in [-0.05, 0) is 43.0 Å². The van der Waals surface area contributed by atoms with Gasteiger partial charge < -0.3 is 14.6 Å². The van der Waals surface area contributed by atoms with Gasteiger partial charge in [0.05, 0.1) is 19.5 Å². The summed E-state index contributed by atoms with van der Waals surface area (Å²) in [7, 11) is 3.73. The van der Waals surface area contributed by atoms with E-state index in [4.69, 9.17) is 21.3 Å². The minimum absolute atomic E-state index is 0.00228. The molecule has 0 aliphatic heterocycles. The lowest BCUT2D eigenvalue weighted by molar-refractivity contribution is -0.908. The summed E-state index contributed by atoms with van der Waals surface area (Å²) in [5.41, 5.74) is 2.25. The molecule has 5 nitrogen and oxygen atoms in total. The van der Waals surface area contributed by atoms with Crippen LogP contribution < -0.4 is 15.2 Å². The first-order valence-electron chi connectivity index (χ1n) is 8.72. The van der Waals surface area contributed by atoms with Gasteiger partial charge in [-0.3, -0.25) is 4.79 Å². The number of hydrogen-bond donors (Lipinski definition) is 2. The van der Waals surface area contributed by atoms with E-state index in [9.17, 15) is 4.79 Å². The number of halogens is 1. The third-order valence-corrected chi connectivity index (χ3v) is 6.25. The SMILES string of the molecule is COc1ccc(Cl)cc1C[NH+](C)Cc1nc2sc3c(c2c(=O)[nH]1)CCC3. The second-order valence-electron chi connectivity index (χ2n) is 6.82. The Morgan fingerprint density at radius 1 is 1.35 bits per heavy atom. The summed E-state index contributed by atoms with van der Waals surface area (Å²) in [6.07, 6.45) is 3.22. The van der Waals surface area contributed by atoms with E-state index in [2.05, 4.69) is 12.0 Å². The summed E-state index contributed by atoms with van der Waals surface area (Å²) >= 11 is 7.79. The molecule has 2 heterocycles. The number of methoxy groups -OCH3 is 1. The number of ether oxygens (including phenoxy) is 1. The normalized spacial score (nSPS) is 14.6. The van der Waals surface area contributed by atoms with Crippen molar-refractivity contribution in [2.45, 2.75) is 32.4 Å². The van der Waals surface area contributed by atoms with Gasteiger partial charge in [0, 0.05) is 15.5 Å². The Morgan fingerprint density at radius 2 is 2.19 bits per heavy atom. The fraction of sp³-hybridized carbons (Fsp3) is 0.368. The van der Waals surface area contributed by atoms with Gasteiger partial charge in [-0.1, -0.05) is 11.6 Å². The molecule has 2 aromatic heterocycles. The number of aromatic amines is 1. The second kappa shape index (κ2) is 7.02. The molecule has 0 spiro atoms. The topological polar surface area (TPSA) is 59.4 Å². The number of hydrogen-bond acceptors (Lipinski definition) is 4. The van der Waals surface area contributed by atoms with Gasteiger partial charge in [0.2, 0.25) is 0 Å². The summed E-state index contributed by atoms with van der Waals surface area (Å²) < 4.78 is 5.42. The number of rotatable bonds is 5. The van der Waals surface area contributed by atoms with Gasteiger partial charge in [0.1, 0.15) is 23.7 Å². The van der Waals surface area contributed by atoms with Gasteiger partial charge in [-0.15, -0.1) is 11.3 Å². The van der Waals surface area contributed by atoms with Crippen LogP contribution in [0.4, 0.5) is 0 Å². The zero-order valence-corrected chi connectivity index (χ0v) is 16.4. The minimum atomic E-state index is -0.00228. The molecule has 0 bridgehead atoms. The number of nitrogens with zero attached hydrogens (tertiary/aromatic N) is 1. The number of fused-ring (bicyclic) bond motifs is 3. The van der Waals surface area contributed by atoms with Gasteiger partial charge in [0.15, 0.2) is 5.82 Å². The summed E-state index contributed by atoms with van der Waals surface area (Å²) in [5.74, 6) is 1.54. The van der Waals surface area contributed by atoms with Crippen LogP contribution in [0.25, 0.3) is 10.2 Å². The maximum Gasteiger partial charge on any atom is 0.260 e. The Morgan fingerprint density at radius 3 is 3.00 bits per heavy atom. The first kappa shape index (κ1) is 17.5. The van der Waals surface area contributed by atoms with E-state index in [1.54, 1.807) is 18.4 Å². The molecule has 3 aromatic rings. The number of aromatic nitrogens is 2. The Hall–Kier alpha value is -1.89. The Balaban J connectivity index is 1.57. The van der Waals surface area contributed by atoms with Crippen molar-refractivity contribution in [1.29, 1.82) is 0 Å². The molecular formula is C19H21ClN3O2S+. The average molecular weight is 391 g/mol. The van der Waals surface area contributed by atoms with Crippen LogP contribution in [-0.2, 0) is 25.9 Å². The van der Waals surface area contributed by atoms with E-state index in [0.29, 0.717) is 11.6 Å². The van der Waals surface area contributed by atoms with Gasteiger partial charge in [0.25, 0.3) is 5.56 Å². The zero-order valence-electron chi connectivity index (χ0n) is 14.8. The largest absolute Gasteiger partial charge is 0.496 e. The van der Waals surface area contributed by atoms with E-state index in [1.807, 2.05) is 18.2 Å². The predicted molar refractivity (Wildman–Crippen MR) is 105 cm³/mol. The minimum Gasteiger partial charge on any atom is -0.496 e. The van der Waals surface area contributed by atoms with Crippen LogP contribution in [0.3, 0.4) is 0 Å². The number of H-pyrrole nitrogens is 1. The predicted octanol–water partition coefficient (Wildman–Crippen LogP) is 2.35. The van der Waals surface area contributed by atoms with Crippen LogP contribution in [0, 0.1) is 0 Å². The average Bonchev–Trinajstić information content (AvgIpc) is 3.15. The van der Waals surface area contributed by atoms with Crippen molar-refractivity contribution in [1.82, 2.24) is 9.97 Å². The lowest BCUT2D eigenvalue weighted by Gasteiger charge is -2.15. The zero-order chi connectivity index (χ0) is 18.3. The first-order chi connectivity index (χ1) is 12.5. The van der Waals surface area contributed by atoms with Crippen molar-refractivity contribution in [3.63, 3.8) is 0 Å². The number of quaternary nitrogens is 1. The fourth-order valence-electron chi connectivity index (χ4n) is 3.69. The van der Waals surface area contributed by atoms with Gasteiger partial charge >= 0.3 is 0 Å². The maximum absolute atomic E-state index is 12.6. The first-order valence-corrected chi connectivity index (χ1v) is 9.91. The summed E-state index contributed by atoms with van der Waals surface area (Å²) in [6.45, 7) is 1.36. The highest BCUT2D eigenvalue weighted by molar-refractivity contribution is 7.18. The van der Waals surface area contributed by atoms with E-state index < -0.39 is 0 Å². The monoisotopic (exact) mass is 390 g/mol. The lowest BCUT2D eigenvalue weighted by Crippen LogP contribution is -3.06. The van der Waals surface area contributed by atoms with Crippen molar-refractivity contribution in [2.24, 2.45) is 0 Å². The highest BCUT2D eigenvalue weighted by Crippen LogP contribution is 2.34. The Kier molecular flexibility index (Phi) is 4.73. The quantitative estimate of drug-likeness (QED) is 0.703. The molecule has 26 heavy (non-hydrogen) atoms. The third kappa shape index (κ3) is 3.24. The van der Waals surface area contributed by atoms with Crippen molar-refractivity contribution in [3.05, 3.63) is 55.4 Å². The maximum atomic E-state index is 12.6. The number of thiophene rings is 1. The second-order valence-corrected chi connectivity index (χ2v) is 8.34. The summed E-state index contributed by atoms with van der Waals surface area (Å²) in [4.78, 5) is 23.7. The van der Waals surface area contributed by atoms with E-state index in [1.165, 1.54) is 15.3 Å². The van der Waals surface area contributed by atoms with Gasteiger partial charge in [-0.25, -0.2) is 4.98 Å². The summed E-state index contributed by atoms with van der Waals surface area (Å²) in [5, 5.41) is 1.50. The van der Waals surface area contributed by atoms with Crippen molar-refractivity contribution in [2.75, 3.05) is 14.2 Å². The van der Waals surface area contributed by atoms with Crippen molar-refractivity contribution in [3.8, 4) is 5.75 Å². The van der Waals surface area contributed by atoms with E-state index in [0.717, 1.165) is 53.2 Å². The van der Waals surface area contributed by atoms with Crippen LogP contribution in [0.2, 0.25) is 5.02 Å². The molecule has 1 aliphatic carbocycles. The molecule has 0 saturated heterocycles. The molecule has 7 heteroatoms. The lowest BCUT2D eigenvalue weighted by atomic mass is 10.2.